The Kier molecular flexibility index (Phi) is 6.70. The van der Waals surface area contributed by atoms with Gasteiger partial charge in [-0.15, -0.1) is 0 Å². The SMILES string of the molecule is COc1cccc(Oc2cncc(C3CCCN(C(=O)c4cccc(Cn5ccnc5)c4)C3)n2)c1. The minimum absolute atomic E-state index is 0.0407. The number of amides is 1. The first-order valence-electron chi connectivity index (χ1n) is 11.7. The van der Waals surface area contributed by atoms with Crippen molar-refractivity contribution < 1.29 is 14.3 Å². The Morgan fingerprint density at radius 1 is 1.09 bits per heavy atom. The molecule has 8 nitrogen and oxygen atoms in total. The lowest BCUT2D eigenvalue weighted by Crippen LogP contribution is -2.39. The lowest BCUT2D eigenvalue weighted by atomic mass is 9.94. The van der Waals surface area contributed by atoms with Gasteiger partial charge in [0.05, 0.1) is 25.3 Å². The van der Waals surface area contributed by atoms with Crippen LogP contribution in [-0.4, -0.2) is 50.5 Å². The Morgan fingerprint density at radius 3 is 2.83 bits per heavy atom. The van der Waals surface area contributed by atoms with Gasteiger partial charge < -0.3 is 18.9 Å². The van der Waals surface area contributed by atoms with Crippen molar-refractivity contribution in [3.8, 4) is 17.4 Å². The number of carbonyl (C=O) groups is 1. The number of imidazole rings is 1. The van der Waals surface area contributed by atoms with Crippen LogP contribution in [0.2, 0.25) is 0 Å². The number of methoxy groups -OCH3 is 1. The molecule has 5 rings (SSSR count). The van der Waals surface area contributed by atoms with Gasteiger partial charge in [0, 0.05) is 55.8 Å². The van der Waals surface area contributed by atoms with Crippen molar-refractivity contribution in [1.82, 2.24) is 24.4 Å². The van der Waals surface area contributed by atoms with Crippen molar-refractivity contribution in [3.05, 3.63) is 96.5 Å². The van der Waals surface area contributed by atoms with Gasteiger partial charge in [-0.3, -0.25) is 9.78 Å². The number of piperidine rings is 1. The molecule has 0 spiro atoms. The van der Waals surface area contributed by atoms with E-state index >= 15 is 0 Å². The second-order valence-electron chi connectivity index (χ2n) is 8.59. The van der Waals surface area contributed by atoms with Crippen molar-refractivity contribution in [2.45, 2.75) is 25.3 Å². The summed E-state index contributed by atoms with van der Waals surface area (Å²) in [6.07, 6.45) is 10.7. The molecule has 1 saturated heterocycles. The van der Waals surface area contributed by atoms with Gasteiger partial charge >= 0.3 is 0 Å². The minimum Gasteiger partial charge on any atom is -0.497 e. The van der Waals surface area contributed by atoms with Crippen molar-refractivity contribution in [3.63, 3.8) is 0 Å². The van der Waals surface area contributed by atoms with Gasteiger partial charge in [0.25, 0.3) is 5.91 Å². The fourth-order valence-electron chi connectivity index (χ4n) is 4.37. The van der Waals surface area contributed by atoms with Crippen LogP contribution in [-0.2, 0) is 6.54 Å². The van der Waals surface area contributed by atoms with Gasteiger partial charge in [-0.1, -0.05) is 18.2 Å². The zero-order chi connectivity index (χ0) is 24.0. The summed E-state index contributed by atoms with van der Waals surface area (Å²) in [6.45, 7) is 2.01. The number of rotatable bonds is 7. The van der Waals surface area contributed by atoms with Crippen molar-refractivity contribution in [1.29, 1.82) is 0 Å². The second kappa shape index (κ2) is 10.4. The van der Waals surface area contributed by atoms with Gasteiger partial charge in [0.2, 0.25) is 5.88 Å². The molecule has 0 N–H and O–H groups in total. The first-order chi connectivity index (χ1) is 17.2. The van der Waals surface area contributed by atoms with Crippen molar-refractivity contribution in [2.75, 3.05) is 20.2 Å². The van der Waals surface area contributed by atoms with E-state index in [-0.39, 0.29) is 11.8 Å². The molecule has 1 fully saturated rings. The van der Waals surface area contributed by atoms with Crippen LogP contribution in [0.4, 0.5) is 0 Å². The molecular weight excluding hydrogens is 442 g/mol. The van der Waals surface area contributed by atoms with Crippen LogP contribution in [0.3, 0.4) is 0 Å². The summed E-state index contributed by atoms with van der Waals surface area (Å²) in [5, 5.41) is 0. The molecule has 1 aliphatic rings. The molecule has 1 amide bonds. The number of aromatic nitrogens is 4. The van der Waals surface area contributed by atoms with E-state index in [1.54, 1.807) is 38.1 Å². The Hall–Kier alpha value is -4.20. The molecule has 0 saturated carbocycles. The fraction of sp³-hybridized carbons (Fsp3) is 0.259. The number of hydrogen-bond acceptors (Lipinski definition) is 6. The monoisotopic (exact) mass is 469 g/mol. The van der Waals surface area contributed by atoms with Gasteiger partial charge in [-0.05, 0) is 42.7 Å². The van der Waals surface area contributed by atoms with Crippen LogP contribution in [0.1, 0.15) is 40.4 Å². The van der Waals surface area contributed by atoms with Crippen LogP contribution in [0.15, 0.2) is 79.6 Å². The normalized spacial score (nSPS) is 15.6. The highest BCUT2D eigenvalue weighted by Gasteiger charge is 2.27. The summed E-state index contributed by atoms with van der Waals surface area (Å²) < 4.78 is 13.2. The van der Waals surface area contributed by atoms with Gasteiger partial charge in [-0.25, -0.2) is 9.97 Å². The van der Waals surface area contributed by atoms with Gasteiger partial charge in [0.15, 0.2) is 0 Å². The molecule has 2 aromatic heterocycles. The molecule has 0 radical (unpaired) electrons. The maximum atomic E-state index is 13.3. The van der Waals surface area contributed by atoms with E-state index in [1.165, 1.54) is 0 Å². The number of hydrogen-bond donors (Lipinski definition) is 0. The highest BCUT2D eigenvalue weighted by atomic mass is 16.5. The summed E-state index contributed by atoms with van der Waals surface area (Å²) >= 11 is 0. The third-order valence-electron chi connectivity index (χ3n) is 6.12. The number of likely N-dealkylation sites (tertiary alicyclic amines) is 1. The molecule has 1 atom stereocenters. The largest absolute Gasteiger partial charge is 0.497 e. The Balaban J connectivity index is 1.27. The van der Waals surface area contributed by atoms with Crippen molar-refractivity contribution in [2.24, 2.45) is 0 Å². The average Bonchev–Trinajstić information content (AvgIpc) is 3.42. The molecule has 8 heteroatoms. The highest BCUT2D eigenvalue weighted by molar-refractivity contribution is 5.94. The molecule has 0 bridgehead atoms. The highest BCUT2D eigenvalue weighted by Crippen LogP contribution is 2.29. The standard InChI is InChI=1S/C27H27N5O3/c1-34-23-8-3-9-24(14-23)35-26-16-29-15-25(30-26)22-7-4-11-32(18-22)27(33)21-6-2-5-20(13-21)17-31-12-10-28-19-31/h2-3,5-6,8-10,12-16,19,22H,4,7,11,17-18H2,1H3. The van der Waals surface area contributed by atoms with E-state index in [2.05, 4.69) is 9.97 Å². The third-order valence-corrected chi connectivity index (χ3v) is 6.12. The van der Waals surface area contributed by atoms with Gasteiger partial charge in [0.1, 0.15) is 11.5 Å². The first kappa shape index (κ1) is 22.6. The summed E-state index contributed by atoms with van der Waals surface area (Å²) in [4.78, 5) is 28.4. The number of carbonyl (C=O) groups excluding carboxylic acids is 1. The van der Waals surface area contributed by atoms with E-state index < -0.39 is 0 Å². The Labute approximate surface area is 204 Å². The van der Waals surface area contributed by atoms with Crippen LogP contribution >= 0.6 is 0 Å². The van der Waals surface area contributed by atoms with Crippen molar-refractivity contribution >= 4 is 5.91 Å². The maximum Gasteiger partial charge on any atom is 0.253 e. The predicted molar refractivity (Wildman–Crippen MR) is 131 cm³/mol. The van der Waals surface area contributed by atoms with Crippen LogP contribution in [0, 0.1) is 0 Å². The van der Waals surface area contributed by atoms with Crippen LogP contribution in [0.5, 0.6) is 17.4 Å². The predicted octanol–water partition coefficient (Wildman–Crippen LogP) is 4.54. The number of nitrogens with zero attached hydrogens (tertiary/aromatic N) is 5. The molecule has 1 aliphatic heterocycles. The number of benzene rings is 2. The van der Waals surface area contributed by atoms with Gasteiger partial charge in [-0.2, -0.15) is 0 Å². The summed E-state index contributed by atoms with van der Waals surface area (Å²) in [6, 6.07) is 15.2. The smallest absolute Gasteiger partial charge is 0.253 e. The van der Waals surface area contributed by atoms with E-state index in [0.29, 0.717) is 36.0 Å². The third kappa shape index (κ3) is 5.48. The lowest BCUT2D eigenvalue weighted by Gasteiger charge is -2.32. The Bertz CT molecular complexity index is 1290. The second-order valence-corrected chi connectivity index (χ2v) is 8.59. The Morgan fingerprint density at radius 2 is 1.97 bits per heavy atom. The summed E-state index contributed by atoms with van der Waals surface area (Å²) in [5.41, 5.74) is 2.59. The van der Waals surface area contributed by atoms with Crippen LogP contribution in [0.25, 0.3) is 0 Å². The van der Waals surface area contributed by atoms with E-state index in [4.69, 9.17) is 14.5 Å². The molecular formula is C27H27N5O3. The molecule has 3 heterocycles. The van der Waals surface area contributed by atoms with E-state index in [0.717, 1.165) is 30.6 Å². The zero-order valence-electron chi connectivity index (χ0n) is 19.6. The molecule has 1 unspecified atom stereocenters. The van der Waals surface area contributed by atoms with E-state index in [1.807, 2.05) is 58.1 Å². The average molecular weight is 470 g/mol. The maximum absolute atomic E-state index is 13.3. The summed E-state index contributed by atoms with van der Waals surface area (Å²) in [5.74, 6) is 1.91. The molecule has 2 aromatic carbocycles. The molecule has 0 aliphatic carbocycles. The first-order valence-corrected chi connectivity index (χ1v) is 11.7. The lowest BCUT2D eigenvalue weighted by molar-refractivity contribution is 0.0705. The molecule has 35 heavy (non-hydrogen) atoms. The number of ether oxygens (including phenoxy) is 2. The molecule has 178 valence electrons. The van der Waals surface area contributed by atoms with E-state index in [9.17, 15) is 4.79 Å². The quantitative estimate of drug-likeness (QED) is 0.395. The topological polar surface area (TPSA) is 82.4 Å². The fourth-order valence-corrected chi connectivity index (χ4v) is 4.37. The molecule has 4 aromatic rings. The summed E-state index contributed by atoms with van der Waals surface area (Å²) in [7, 11) is 1.62. The minimum atomic E-state index is 0.0407. The van der Waals surface area contributed by atoms with Crippen LogP contribution < -0.4 is 9.47 Å². The zero-order valence-corrected chi connectivity index (χ0v) is 19.6.